The molecule has 1 atom stereocenters. The molecule has 7 nitrogen and oxygen atoms in total. The first-order chi connectivity index (χ1) is 15.4. The molecule has 0 bridgehead atoms. The number of nitrogens with one attached hydrogen (secondary N) is 2. The second kappa shape index (κ2) is 8.09. The number of imidazole rings is 1. The summed E-state index contributed by atoms with van der Waals surface area (Å²) in [5.41, 5.74) is -1.06. The Morgan fingerprint density at radius 3 is 2.84 bits per heavy atom. The minimum Gasteiger partial charge on any atom is -0.385 e. The molecule has 2 aromatic heterocycles. The minimum atomic E-state index is -1.00. The number of rotatable bonds is 4. The number of likely N-dealkylation sites (tertiary alicyclic amines) is 1. The van der Waals surface area contributed by atoms with Gasteiger partial charge >= 0.3 is 0 Å². The first kappa shape index (κ1) is 21.3. The zero-order valence-electron chi connectivity index (χ0n) is 17.1. The van der Waals surface area contributed by atoms with Crippen LogP contribution in [0.5, 0.6) is 0 Å². The number of fused-ring (bicyclic) bond motifs is 1. The number of benzene rings is 1. The monoisotopic (exact) mass is 505 g/mol. The van der Waals surface area contributed by atoms with Crippen LogP contribution in [0.15, 0.2) is 41.3 Å². The Bertz CT molecular complexity index is 1190. The van der Waals surface area contributed by atoms with E-state index in [2.05, 4.69) is 31.5 Å². The lowest BCUT2D eigenvalue weighted by Gasteiger charge is -2.51. The Morgan fingerprint density at radius 2 is 2.12 bits per heavy atom. The third-order valence-electron chi connectivity index (χ3n) is 6.22. The van der Waals surface area contributed by atoms with Crippen molar-refractivity contribution in [3.63, 3.8) is 0 Å². The number of piperidine rings is 1. The van der Waals surface area contributed by atoms with E-state index < -0.39 is 23.1 Å². The predicted octanol–water partition coefficient (Wildman–Crippen LogP) is 3.45. The molecule has 2 saturated heterocycles. The van der Waals surface area contributed by atoms with Crippen LogP contribution in [-0.2, 0) is 0 Å². The van der Waals surface area contributed by atoms with Crippen molar-refractivity contribution in [1.82, 2.24) is 19.6 Å². The van der Waals surface area contributed by atoms with Gasteiger partial charge in [-0.1, -0.05) is 22.4 Å². The number of halogens is 3. The second-order valence-corrected chi connectivity index (χ2v) is 9.32. The van der Waals surface area contributed by atoms with Gasteiger partial charge in [-0.25, -0.2) is 13.8 Å². The number of aliphatic hydroxyl groups is 1. The van der Waals surface area contributed by atoms with Crippen LogP contribution in [0.1, 0.15) is 29.6 Å². The Morgan fingerprint density at radius 1 is 1.31 bits per heavy atom. The molecule has 168 valence electrons. The van der Waals surface area contributed by atoms with E-state index in [0.717, 1.165) is 25.8 Å². The number of β-amino-alcohol motifs (C(OH)–C–C–N with tert-alkyl or cyclic N) is 1. The fraction of sp³-hybridized carbons (Fsp3) is 0.364. The predicted molar refractivity (Wildman–Crippen MR) is 119 cm³/mol. The van der Waals surface area contributed by atoms with Gasteiger partial charge in [0.15, 0.2) is 11.5 Å². The topological polar surface area (TPSA) is 81.9 Å². The molecule has 32 heavy (non-hydrogen) atoms. The van der Waals surface area contributed by atoms with Gasteiger partial charge in [0.25, 0.3) is 5.91 Å². The van der Waals surface area contributed by atoms with E-state index in [-0.39, 0.29) is 41.7 Å². The fourth-order valence-electron chi connectivity index (χ4n) is 4.49. The van der Waals surface area contributed by atoms with Gasteiger partial charge in [0, 0.05) is 29.1 Å². The number of nitrogens with zero attached hydrogens (tertiary/aromatic N) is 3. The second-order valence-electron chi connectivity index (χ2n) is 8.41. The largest absolute Gasteiger partial charge is 0.385 e. The summed E-state index contributed by atoms with van der Waals surface area (Å²) in [6, 6.07) is 4.26. The van der Waals surface area contributed by atoms with Gasteiger partial charge in [-0.2, -0.15) is 0 Å². The average molecular weight is 506 g/mol. The van der Waals surface area contributed by atoms with Gasteiger partial charge in [0.1, 0.15) is 11.4 Å². The molecule has 10 heteroatoms. The molecule has 0 spiro atoms. The molecular formula is C22H22BrF2N5O2. The van der Waals surface area contributed by atoms with E-state index in [9.17, 15) is 14.3 Å². The molecule has 1 amide bonds. The van der Waals surface area contributed by atoms with E-state index in [0.29, 0.717) is 4.47 Å². The highest BCUT2D eigenvalue weighted by molar-refractivity contribution is 9.10. The number of aromatic nitrogens is 2. The number of hydrogen-bond acceptors (Lipinski definition) is 5. The van der Waals surface area contributed by atoms with Crippen LogP contribution in [0.2, 0.25) is 0 Å². The highest BCUT2D eigenvalue weighted by atomic mass is 79.9. The van der Waals surface area contributed by atoms with Crippen molar-refractivity contribution in [2.45, 2.75) is 30.9 Å². The molecule has 0 saturated carbocycles. The maximum Gasteiger partial charge on any atom is 0.257 e. The first-order valence-electron chi connectivity index (χ1n) is 10.5. The molecule has 3 N–H and O–H groups in total. The van der Waals surface area contributed by atoms with E-state index in [1.807, 2.05) is 0 Å². The number of carbonyl (C=O) groups excluding carboxylic acids is 1. The summed E-state index contributed by atoms with van der Waals surface area (Å²) in [5, 5.41) is 17.0. The van der Waals surface area contributed by atoms with Crippen molar-refractivity contribution < 1.29 is 18.7 Å². The number of carbonyl (C=O) groups is 1. The van der Waals surface area contributed by atoms with Crippen LogP contribution in [0.4, 0.5) is 20.2 Å². The Hall–Kier alpha value is -2.56. The van der Waals surface area contributed by atoms with Gasteiger partial charge < -0.3 is 25.0 Å². The Labute approximate surface area is 191 Å². The third kappa shape index (κ3) is 3.66. The molecule has 0 aliphatic carbocycles. The molecule has 2 fully saturated rings. The van der Waals surface area contributed by atoms with Crippen molar-refractivity contribution in [2.75, 3.05) is 25.0 Å². The highest BCUT2D eigenvalue weighted by Crippen LogP contribution is 2.34. The van der Waals surface area contributed by atoms with Crippen molar-refractivity contribution >= 4 is 38.9 Å². The lowest BCUT2D eigenvalue weighted by molar-refractivity contribution is -0.108. The SMILES string of the molecule is O=C(c1cn2ccnc2c(F)c1Nc1ccc(Br)cc1F)N1CC(O)(C2CCCCN2)C1. The Balaban J connectivity index is 1.46. The van der Waals surface area contributed by atoms with Crippen molar-refractivity contribution in [2.24, 2.45) is 0 Å². The van der Waals surface area contributed by atoms with Crippen LogP contribution in [-0.4, -0.2) is 56.6 Å². The maximum absolute atomic E-state index is 15.3. The van der Waals surface area contributed by atoms with Gasteiger partial charge in [0.05, 0.1) is 30.0 Å². The van der Waals surface area contributed by atoms with Crippen molar-refractivity contribution in [1.29, 1.82) is 0 Å². The van der Waals surface area contributed by atoms with Crippen molar-refractivity contribution in [3.8, 4) is 0 Å². The molecule has 2 aliphatic heterocycles. The van der Waals surface area contributed by atoms with Gasteiger partial charge in [-0.05, 0) is 37.6 Å². The van der Waals surface area contributed by atoms with Crippen molar-refractivity contribution in [3.05, 3.63) is 58.5 Å². The summed E-state index contributed by atoms with van der Waals surface area (Å²) in [7, 11) is 0. The van der Waals surface area contributed by atoms with E-state index >= 15 is 4.39 Å². The third-order valence-corrected chi connectivity index (χ3v) is 6.71. The van der Waals surface area contributed by atoms with Crippen LogP contribution in [0.25, 0.3) is 5.65 Å². The van der Waals surface area contributed by atoms with Crippen LogP contribution in [0.3, 0.4) is 0 Å². The Kier molecular flexibility index (Phi) is 5.39. The summed E-state index contributed by atoms with van der Waals surface area (Å²) in [4.78, 5) is 18.8. The summed E-state index contributed by atoms with van der Waals surface area (Å²) in [6.45, 7) is 1.15. The summed E-state index contributed by atoms with van der Waals surface area (Å²) in [5.74, 6) is -1.80. The lowest BCUT2D eigenvalue weighted by Crippen LogP contribution is -2.72. The molecule has 1 unspecified atom stereocenters. The van der Waals surface area contributed by atoms with Crippen LogP contribution >= 0.6 is 15.9 Å². The van der Waals surface area contributed by atoms with E-state index in [1.54, 1.807) is 6.07 Å². The smallest absolute Gasteiger partial charge is 0.257 e. The molecule has 5 rings (SSSR count). The number of pyridine rings is 1. The van der Waals surface area contributed by atoms with E-state index in [4.69, 9.17) is 0 Å². The molecular weight excluding hydrogens is 484 g/mol. The summed E-state index contributed by atoms with van der Waals surface area (Å²) >= 11 is 3.20. The molecule has 1 aromatic carbocycles. The molecule has 0 radical (unpaired) electrons. The average Bonchev–Trinajstić information content (AvgIpc) is 3.24. The maximum atomic E-state index is 15.3. The highest BCUT2D eigenvalue weighted by Gasteiger charge is 2.49. The van der Waals surface area contributed by atoms with Crippen LogP contribution in [0, 0.1) is 11.6 Å². The number of amides is 1. The lowest BCUT2D eigenvalue weighted by atomic mass is 9.81. The minimum absolute atomic E-state index is 0.0214. The number of anilines is 2. The van der Waals surface area contributed by atoms with E-state index in [1.165, 1.54) is 40.0 Å². The van der Waals surface area contributed by atoms with Gasteiger partial charge in [-0.15, -0.1) is 0 Å². The summed E-state index contributed by atoms with van der Waals surface area (Å²) < 4.78 is 31.7. The fourth-order valence-corrected chi connectivity index (χ4v) is 4.82. The van der Waals surface area contributed by atoms with Gasteiger partial charge in [-0.3, -0.25) is 4.79 Å². The number of hydrogen-bond donors (Lipinski definition) is 3. The van der Waals surface area contributed by atoms with Crippen LogP contribution < -0.4 is 10.6 Å². The quantitative estimate of drug-likeness (QED) is 0.505. The molecule has 3 aromatic rings. The molecule has 4 heterocycles. The normalized spacial score (nSPS) is 20.2. The zero-order valence-corrected chi connectivity index (χ0v) is 18.7. The summed E-state index contributed by atoms with van der Waals surface area (Å²) in [6.07, 6.45) is 7.39. The standard InChI is InChI=1S/C22H22BrF2N5O2/c23-13-4-5-16(15(24)9-13)28-19-14(10-29-8-7-27-20(29)18(19)25)21(31)30-11-22(32,12-30)17-3-1-2-6-26-17/h4-5,7-10,17,26,28,32H,1-3,6,11-12H2. The first-order valence-corrected chi connectivity index (χ1v) is 11.3. The van der Waals surface area contributed by atoms with Gasteiger partial charge in [0.2, 0.25) is 0 Å². The molecule has 2 aliphatic rings. The zero-order chi connectivity index (χ0) is 22.5.